The molecule has 0 atom stereocenters. The molecule has 0 aliphatic heterocycles. The molecule has 3 aromatic rings. The highest BCUT2D eigenvalue weighted by Gasteiger charge is 2.12. The molecule has 0 radical (unpaired) electrons. The van der Waals surface area contributed by atoms with Crippen molar-refractivity contribution in [2.24, 2.45) is 11.0 Å². The molecular formula is C24H25N3O3. The molecule has 6 heteroatoms. The molecule has 2 N–H and O–H groups in total. The topological polar surface area (TPSA) is 79.8 Å². The second kappa shape index (κ2) is 10.2. The molecule has 0 heterocycles. The third kappa shape index (κ3) is 5.67. The van der Waals surface area contributed by atoms with Crippen molar-refractivity contribution in [2.75, 3.05) is 6.54 Å². The normalized spacial score (nSPS) is 11.0. The van der Waals surface area contributed by atoms with E-state index in [-0.39, 0.29) is 5.92 Å². The third-order valence-electron chi connectivity index (χ3n) is 4.43. The monoisotopic (exact) mass is 403 g/mol. The van der Waals surface area contributed by atoms with E-state index in [2.05, 4.69) is 34.0 Å². The number of hydrazone groups is 1. The maximum Gasteiger partial charge on any atom is 0.329 e. The average molecular weight is 403 g/mol. The van der Waals surface area contributed by atoms with E-state index in [0.717, 1.165) is 16.3 Å². The van der Waals surface area contributed by atoms with Gasteiger partial charge in [-0.2, -0.15) is 5.10 Å². The number of carbonyl (C=O) groups is 2. The lowest BCUT2D eigenvalue weighted by molar-refractivity contribution is -0.139. The van der Waals surface area contributed by atoms with Gasteiger partial charge in [0.25, 0.3) is 0 Å². The molecule has 0 spiro atoms. The van der Waals surface area contributed by atoms with Gasteiger partial charge in [0, 0.05) is 12.1 Å². The number of para-hydroxylation sites is 1. The molecular weight excluding hydrogens is 378 g/mol. The zero-order chi connectivity index (χ0) is 21.3. The van der Waals surface area contributed by atoms with Crippen molar-refractivity contribution in [1.29, 1.82) is 0 Å². The van der Waals surface area contributed by atoms with Crippen LogP contribution in [0.4, 0.5) is 0 Å². The summed E-state index contributed by atoms with van der Waals surface area (Å²) in [6.45, 7) is 4.73. The van der Waals surface area contributed by atoms with Crippen molar-refractivity contribution in [3.63, 3.8) is 0 Å². The van der Waals surface area contributed by atoms with Crippen LogP contribution in [0, 0.1) is 5.92 Å². The molecule has 0 aliphatic carbocycles. The Balaban J connectivity index is 1.64. The van der Waals surface area contributed by atoms with Crippen molar-refractivity contribution in [1.82, 2.24) is 10.7 Å². The van der Waals surface area contributed by atoms with Gasteiger partial charge in [0.2, 0.25) is 0 Å². The number of ether oxygens (including phenoxy) is 1. The molecule has 30 heavy (non-hydrogen) atoms. The van der Waals surface area contributed by atoms with Crippen molar-refractivity contribution in [2.45, 2.75) is 20.5 Å². The van der Waals surface area contributed by atoms with E-state index in [1.54, 1.807) is 0 Å². The molecule has 0 saturated carbocycles. The number of fused-ring (bicyclic) bond motifs is 1. The van der Waals surface area contributed by atoms with Crippen LogP contribution in [-0.4, -0.2) is 24.6 Å². The van der Waals surface area contributed by atoms with Crippen molar-refractivity contribution in [3.05, 3.63) is 77.9 Å². The fourth-order valence-corrected chi connectivity index (χ4v) is 2.88. The summed E-state index contributed by atoms with van der Waals surface area (Å²) in [7, 11) is 0. The summed E-state index contributed by atoms with van der Waals surface area (Å²) < 4.78 is 6.02. The highest BCUT2D eigenvalue weighted by Crippen LogP contribution is 2.22. The molecule has 0 fully saturated rings. The van der Waals surface area contributed by atoms with Gasteiger partial charge < -0.3 is 10.1 Å². The lowest BCUT2D eigenvalue weighted by Gasteiger charge is -2.11. The van der Waals surface area contributed by atoms with Gasteiger partial charge in [0.05, 0.1) is 6.21 Å². The molecule has 2 amide bonds. The second-order valence-electron chi connectivity index (χ2n) is 7.27. The minimum Gasteiger partial charge on any atom is -0.488 e. The maximum atomic E-state index is 11.8. The minimum absolute atomic E-state index is 0.260. The second-order valence-corrected chi connectivity index (χ2v) is 7.27. The third-order valence-corrected chi connectivity index (χ3v) is 4.43. The number of nitrogens with zero attached hydrogens (tertiary/aromatic N) is 1. The Kier molecular flexibility index (Phi) is 7.16. The van der Waals surface area contributed by atoms with Crippen LogP contribution in [-0.2, 0) is 16.2 Å². The molecule has 6 nitrogen and oxygen atoms in total. The number of benzene rings is 3. The smallest absolute Gasteiger partial charge is 0.329 e. The van der Waals surface area contributed by atoms with Gasteiger partial charge >= 0.3 is 11.8 Å². The summed E-state index contributed by atoms with van der Waals surface area (Å²) in [6, 6.07) is 21.7. The van der Waals surface area contributed by atoms with E-state index in [9.17, 15) is 9.59 Å². The van der Waals surface area contributed by atoms with Crippen LogP contribution in [0.2, 0.25) is 0 Å². The average Bonchev–Trinajstić information content (AvgIpc) is 2.76. The van der Waals surface area contributed by atoms with E-state index >= 15 is 0 Å². The summed E-state index contributed by atoms with van der Waals surface area (Å²) in [5.74, 6) is -0.619. The van der Waals surface area contributed by atoms with Crippen LogP contribution in [0.25, 0.3) is 10.8 Å². The number of carbonyl (C=O) groups excluding carboxylic acids is 2. The first-order valence-corrected chi connectivity index (χ1v) is 9.84. The fraction of sp³-hybridized carbons (Fsp3) is 0.208. The van der Waals surface area contributed by atoms with E-state index in [1.807, 2.05) is 62.4 Å². The molecule has 0 aromatic heterocycles. The van der Waals surface area contributed by atoms with Gasteiger partial charge in [-0.3, -0.25) is 9.59 Å². The maximum absolute atomic E-state index is 11.8. The van der Waals surface area contributed by atoms with Gasteiger partial charge in [-0.1, -0.05) is 68.4 Å². The zero-order valence-corrected chi connectivity index (χ0v) is 17.1. The van der Waals surface area contributed by atoms with Crippen molar-refractivity contribution < 1.29 is 14.3 Å². The highest BCUT2D eigenvalue weighted by molar-refractivity contribution is 6.35. The minimum atomic E-state index is -0.805. The quantitative estimate of drug-likeness (QED) is 0.359. The Morgan fingerprint density at radius 3 is 2.53 bits per heavy atom. The molecule has 0 unspecified atom stereocenters. The summed E-state index contributed by atoms with van der Waals surface area (Å²) in [5.41, 5.74) is 4.02. The molecule has 3 aromatic carbocycles. The lowest BCUT2D eigenvalue weighted by Crippen LogP contribution is -2.39. The van der Waals surface area contributed by atoms with Crippen LogP contribution >= 0.6 is 0 Å². The largest absolute Gasteiger partial charge is 0.488 e. The Bertz CT molecular complexity index is 1060. The SMILES string of the molecule is CC(C)CNC(=O)C(=O)N/N=C\c1ccccc1OCc1cccc2ccccc12. The summed E-state index contributed by atoms with van der Waals surface area (Å²) in [6.07, 6.45) is 1.46. The molecule has 0 aliphatic rings. The Hall–Kier alpha value is -3.67. The van der Waals surface area contributed by atoms with Crippen LogP contribution in [0.1, 0.15) is 25.0 Å². The van der Waals surface area contributed by atoms with Gasteiger partial charge in [0.15, 0.2) is 0 Å². The summed E-state index contributed by atoms with van der Waals surface area (Å²) in [4.78, 5) is 23.5. The highest BCUT2D eigenvalue weighted by atomic mass is 16.5. The fourth-order valence-electron chi connectivity index (χ4n) is 2.88. The van der Waals surface area contributed by atoms with Crippen LogP contribution in [0.5, 0.6) is 5.75 Å². The molecule has 154 valence electrons. The Labute approximate surface area is 175 Å². The number of rotatable bonds is 7. The van der Waals surface area contributed by atoms with Gasteiger partial charge in [-0.25, -0.2) is 5.43 Å². The summed E-state index contributed by atoms with van der Waals surface area (Å²) in [5, 5.41) is 8.74. The predicted octanol–water partition coefficient (Wildman–Crippen LogP) is 3.64. The first kappa shape index (κ1) is 21.0. The van der Waals surface area contributed by atoms with Crippen LogP contribution in [0.15, 0.2) is 71.8 Å². The van der Waals surface area contributed by atoms with E-state index in [0.29, 0.717) is 24.5 Å². The first-order valence-electron chi connectivity index (χ1n) is 9.84. The number of hydrogen-bond donors (Lipinski definition) is 2. The predicted molar refractivity (Wildman–Crippen MR) is 118 cm³/mol. The van der Waals surface area contributed by atoms with Gasteiger partial charge in [-0.15, -0.1) is 0 Å². The zero-order valence-electron chi connectivity index (χ0n) is 17.1. The Morgan fingerprint density at radius 2 is 1.70 bits per heavy atom. The van der Waals surface area contributed by atoms with Gasteiger partial charge in [0.1, 0.15) is 12.4 Å². The molecule has 3 rings (SSSR count). The first-order chi connectivity index (χ1) is 14.5. The molecule has 0 bridgehead atoms. The molecule has 0 saturated heterocycles. The number of hydrogen-bond acceptors (Lipinski definition) is 4. The van der Waals surface area contributed by atoms with Gasteiger partial charge in [-0.05, 0) is 34.4 Å². The standard InChI is InChI=1S/C24H25N3O3/c1-17(2)14-25-23(28)24(29)27-26-15-19-9-4-6-13-22(19)30-16-20-11-7-10-18-8-3-5-12-21(18)20/h3-13,15,17H,14,16H2,1-2H3,(H,25,28)(H,27,29)/b26-15-. The summed E-state index contributed by atoms with van der Waals surface area (Å²) >= 11 is 0. The van der Waals surface area contributed by atoms with Crippen molar-refractivity contribution in [3.8, 4) is 5.75 Å². The lowest BCUT2D eigenvalue weighted by atomic mass is 10.1. The number of nitrogens with one attached hydrogen (secondary N) is 2. The van der Waals surface area contributed by atoms with E-state index < -0.39 is 11.8 Å². The Morgan fingerprint density at radius 1 is 0.967 bits per heavy atom. The number of amides is 2. The van der Waals surface area contributed by atoms with Crippen LogP contribution < -0.4 is 15.5 Å². The van der Waals surface area contributed by atoms with E-state index in [4.69, 9.17) is 4.74 Å². The van der Waals surface area contributed by atoms with Crippen LogP contribution in [0.3, 0.4) is 0 Å². The van der Waals surface area contributed by atoms with Crippen molar-refractivity contribution >= 4 is 28.8 Å². The van der Waals surface area contributed by atoms with E-state index in [1.165, 1.54) is 6.21 Å².